The number of anilines is 2. The van der Waals surface area contributed by atoms with E-state index in [1.54, 1.807) is 6.07 Å². The van der Waals surface area contributed by atoms with Crippen molar-refractivity contribution in [1.82, 2.24) is 4.98 Å². The summed E-state index contributed by atoms with van der Waals surface area (Å²) in [6, 6.07) is 11.3. The van der Waals surface area contributed by atoms with Gasteiger partial charge in [0.25, 0.3) is 5.91 Å². The first kappa shape index (κ1) is 17.7. The molecule has 6 heteroatoms. The summed E-state index contributed by atoms with van der Waals surface area (Å²) in [5, 5.41) is 6.49. The molecule has 2 N–H and O–H groups in total. The minimum absolute atomic E-state index is 0.0227. The summed E-state index contributed by atoms with van der Waals surface area (Å²) in [6.07, 6.45) is 1.85. The maximum atomic E-state index is 12.7. The van der Waals surface area contributed by atoms with Crippen LogP contribution < -0.4 is 10.6 Å². The van der Waals surface area contributed by atoms with Crippen LogP contribution in [0.25, 0.3) is 10.2 Å². The highest BCUT2D eigenvalue weighted by Gasteiger charge is 2.45. The fourth-order valence-corrected chi connectivity index (χ4v) is 3.88. The lowest BCUT2D eigenvalue weighted by atomic mass is 10.1. The highest BCUT2D eigenvalue weighted by Crippen LogP contribution is 2.46. The first-order chi connectivity index (χ1) is 12.9. The lowest BCUT2D eigenvalue weighted by molar-refractivity contribution is -0.120. The van der Waals surface area contributed by atoms with E-state index in [0.717, 1.165) is 39.9 Å². The molecule has 1 aliphatic rings. The number of nitrogens with one attached hydrogen (secondary N) is 2. The van der Waals surface area contributed by atoms with Crippen LogP contribution in [0.5, 0.6) is 0 Å². The Morgan fingerprint density at radius 2 is 1.78 bits per heavy atom. The number of para-hydroxylation sites is 1. The van der Waals surface area contributed by atoms with E-state index in [2.05, 4.69) is 15.6 Å². The molecule has 0 atom stereocenters. The van der Waals surface area contributed by atoms with Crippen molar-refractivity contribution in [3.8, 4) is 0 Å². The number of aryl methyl sites for hydroxylation is 2. The second-order valence-corrected chi connectivity index (χ2v) is 8.47. The molecule has 2 aromatic carbocycles. The molecule has 0 aliphatic heterocycles. The second kappa shape index (κ2) is 6.46. The van der Waals surface area contributed by atoms with Crippen molar-refractivity contribution >= 4 is 44.2 Å². The van der Waals surface area contributed by atoms with Gasteiger partial charge in [0.15, 0.2) is 5.13 Å². The van der Waals surface area contributed by atoms with Crippen LogP contribution in [0, 0.1) is 19.3 Å². The minimum Gasteiger partial charge on any atom is -0.322 e. The average molecular weight is 379 g/mol. The van der Waals surface area contributed by atoms with Gasteiger partial charge in [0.05, 0.1) is 10.2 Å². The molecule has 4 rings (SSSR count). The SMILES string of the molecule is Cc1cccc(C)c1NC(=O)c1ccc2nc(NC(=O)C3(C)CC3)sc2c1. The highest BCUT2D eigenvalue weighted by atomic mass is 32.1. The van der Waals surface area contributed by atoms with Crippen molar-refractivity contribution in [2.45, 2.75) is 33.6 Å². The number of benzene rings is 2. The average Bonchev–Trinajstić information content (AvgIpc) is 3.26. The van der Waals surface area contributed by atoms with Gasteiger partial charge in [-0.15, -0.1) is 0 Å². The van der Waals surface area contributed by atoms with E-state index in [-0.39, 0.29) is 17.2 Å². The summed E-state index contributed by atoms with van der Waals surface area (Å²) in [6.45, 7) is 5.92. The Morgan fingerprint density at radius 3 is 2.44 bits per heavy atom. The van der Waals surface area contributed by atoms with Crippen LogP contribution in [-0.4, -0.2) is 16.8 Å². The molecule has 0 radical (unpaired) electrons. The number of hydrogen-bond donors (Lipinski definition) is 2. The minimum atomic E-state index is -0.242. The molecule has 1 aromatic heterocycles. The van der Waals surface area contributed by atoms with Gasteiger partial charge in [0.1, 0.15) is 0 Å². The third-order valence-electron chi connectivity index (χ3n) is 5.14. The molecule has 1 fully saturated rings. The van der Waals surface area contributed by atoms with Gasteiger partial charge in [-0.25, -0.2) is 4.98 Å². The fraction of sp³-hybridized carbons (Fsp3) is 0.286. The summed E-state index contributed by atoms with van der Waals surface area (Å²) in [5.74, 6) is -0.131. The molecule has 1 saturated carbocycles. The quantitative estimate of drug-likeness (QED) is 0.677. The maximum Gasteiger partial charge on any atom is 0.255 e. The third-order valence-corrected chi connectivity index (χ3v) is 6.07. The maximum absolute atomic E-state index is 12.7. The Labute approximate surface area is 161 Å². The van der Waals surface area contributed by atoms with Gasteiger partial charge < -0.3 is 10.6 Å². The first-order valence-electron chi connectivity index (χ1n) is 8.95. The molecule has 1 heterocycles. The molecule has 0 saturated heterocycles. The number of nitrogens with zero attached hydrogens (tertiary/aromatic N) is 1. The number of thiazole rings is 1. The topological polar surface area (TPSA) is 71.1 Å². The zero-order valence-electron chi connectivity index (χ0n) is 15.6. The van der Waals surface area contributed by atoms with Gasteiger partial charge >= 0.3 is 0 Å². The Balaban J connectivity index is 1.56. The van der Waals surface area contributed by atoms with Crippen LogP contribution in [-0.2, 0) is 4.79 Å². The Kier molecular flexibility index (Phi) is 4.23. The van der Waals surface area contributed by atoms with E-state index in [0.29, 0.717) is 10.7 Å². The molecule has 27 heavy (non-hydrogen) atoms. The Hall–Kier alpha value is -2.73. The smallest absolute Gasteiger partial charge is 0.255 e. The Bertz CT molecular complexity index is 1050. The lowest BCUT2D eigenvalue weighted by Crippen LogP contribution is -2.21. The lowest BCUT2D eigenvalue weighted by Gasteiger charge is -2.11. The fourth-order valence-electron chi connectivity index (χ4n) is 2.98. The number of hydrogen-bond acceptors (Lipinski definition) is 4. The predicted octanol–water partition coefficient (Wildman–Crippen LogP) is 4.90. The number of amides is 2. The zero-order valence-corrected chi connectivity index (χ0v) is 16.4. The molecular formula is C21H21N3O2S. The summed E-state index contributed by atoms with van der Waals surface area (Å²) in [4.78, 5) is 29.4. The van der Waals surface area contributed by atoms with Crippen LogP contribution in [0.2, 0.25) is 0 Å². The molecule has 1 aliphatic carbocycles. The van der Waals surface area contributed by atoms with Gasteiger partial charge in [-0.3, -0.25) is 9.59 Å². The van der Waals surface area contributed by atoms with Crippen molar-refractivity contribution in [3.05, 3.63) is 53.1 Å². The Morgan fingerprint density at radius 1 is 1.07 bits per heavy atom. The summed E-state index contributed by atoms with van der Waals surface area (Å²) in [5.41, 5.74) is 4.01. The van der Waals surface area contributed by atoms with E-state index in [4.69, 9.17) is 0 Å². The molecule has 5 nitrogen and oxygen atoms in total. The van der Waals surface area contributed by atoms with E-state index < -0.39 is 0 Å². The molecule has 3 aromatic rings. The molecule has 138 valence electrons. The predicted molar refractivity (Wildman–Crippen MR) is 109 cm³/mol. The number of fused-ring (bicyclic) bond motifs is 1. The standard InChI is InChI=1S/C21H21N3O2S/c1-12-5-4-6-13(2)17(12)23-18(25)14-7-8-15-16(11-14)27-20(22-15)24-19(26)21(3)9-10-21/h4-8,11H,9-10H2,1-3H3,(H,23,25)(H,22,24,26). The van der Waals surface area contributed by atoms with Crippen LogP contribution in [0.1, 0.15) is 41.3 Å². The molecular weight excluding hydrogens is 358 g/mol. The summed E-state index contributed by atoms with van der Waals surface area (Å²) >= 11 is 1.39. The van der Waals surface area contributed by atoms with E-state index in [1.807, 2.05) is 51.1 Å². The van der Waals surface area contributed by atoms with Gasteiger partial charge in [-0.05, 0) is 56.0 Å². The van der Waals surface area contributed by atoms with E-state index in [9.17, 15) is 9.59 Å². The number of carbonyl (C=O) groups excluding carboxylic acids is 2. The third kappa shape index (κ3) is 3.45. The van der Waals surface area contributed by atoms with Crippen LogP contribution in [0.15, 0.2) is 36.4 Å². The number of aromatic nitrogens is 1. The largest absolute Gasteiger partial charge is 0.322 e. The number of rotatable bonds is 4. The molecule has 0 spiro atoms. The molecule has 0 unspecified atom stereocenters. The van der Waals surface area contributed by atoms with Gasteiger partial charge in [0, 0.05) is 16.7 Å². The van der Waals surface area contributed by atoms with Crippen molar-refractivity contribution in [2.75, 3.05) is 10.6 Å². The molecule has 2 amide bonds. The summed E-state index contributed by atoms with van der Waals surface area (Å²) < 4.78 is 0.875. The first-order valence-corrected chi connectivity index (χ1v) is 9.77. The monoisotopic (exact) mass is 379 g/mol. The van der Waals surface area contributed by atoms with Gasteiger partial charge in [-0.2, -0.15) is 0 Å². The van der Waals surface area contributed by atoms with Crippen molar-refractivity contribution in [1.29, 1.82) is 0 Å². The van der Waals surface area contributed by atoms with Crippen molar-refractivity contribution in [2.24, 2.45) is 5.41 Å². The summed E-state index contributed by atoms with van der Waals surface area (Å²) in [7, 11) is 0. The highest BCUT2D eigenvalue weighted by molar-refractivity contribution is 7.22. The van der Waals surface area contributed by atoms with Gasteiger partial charge in [-0.1, -0.05) is 36.5 Å². The zero-order chi connectivity index (χ0) is 19.2. The van der Waals surface area contributed by atoms with Crippen molar-refractivity contribution < 1.29 is 9.59 Å². The van der Waals surface area contributed by atoms with Crippen molar-refractivity contribution in [3.63, 3.8) is 0 Å². The van der Waals surface area contributed by atoms with Crippen LogP contribution in [0.3, 0.4) is 0 Å². The van der Waals surface area contributed by atoms with E-state index >= 15 is 0 Å². The van der Waals surface area contributed by atoms with E-state index in [1.165, 1.54) is 11.3 Å². The second-order valence-electron chi connectivity index (χ2n) is 7.44. The normalized spacial score (nSPS) is 14.8. The van der Waals surface area contributed by atoms with Gasteiger partial charge in [0.2, 0.25) is 5.91 Å². The molecule has 0 bridgehead atoms. The van der Waals surface area contributed by atoms with Crippen LogP contribution >= 0.6 is 11.3 Å². The van der Waals surface area contributed by atoms with Crippen LogP contribution in [0.4, 0.5) is 10.8 Å². The number of carbonyl (C=O) groups is 2.